The largest absolute Gasteiger partial charge is 0.454 e. The van der Waals surface area contributed by atoms with Crippen molar-refractivity contribution in [2.24, 2.45) is 0 Å². The standard InChI is InChI=1S/C18H18N2O5S/c1-12-10-15(14-6-4-5-7-16(14)19-12)18(21)24-11-13-8-9-17(25-13)26(22,23)20(2)3/h4-10H,11H2,1-3H3. The number of furan rings is 1. The van der Waals surface area contributed by atoms with E-state index in [9.17, 15) is 13.2 Å². The van der Waals surface area contributed by atoms with Crippen molar-refractivity contribution in [3.8, 4) is 0 Å². The van der Waals surface area contributed by atoms with E-state index in [-0.39, 0.29) is 17.5 Å². The van der Waals surface area contributed by atoms with E-state index in [2.05, 4.69) is 4.98 Å². The number of nitrogens with zero attached hydrogens (tertiary/aromatic N) is 2. The van der Waals surface area contributed by atoms with Gasteiger partial charge >= 0.3 is 5.97 Å². The van der Waals surface area contributed by atoms with Gasteiger partial charge in [-0.1, -0.05) is 18.2 Å². The van der Waals surface area contributed by atoms with Gasteiger partial charge in [0.05, 0.1) is 11.1 Å². The quantitative estimate of drug-likeness (QED) is 0.638. The van der Waals surface area contributed by atoms with Crippen LogP contribution in [0.25, 0.3) is 10.9 Å². The number of hydrogen-bond donors (Lipinski definition) is 0. The Bertz CT molecular complexity index is 1070. The van der Waals surface area contributed by atoms with Gasteiger partial charge in [-0.15, -0.1) is 0 Å². The summed E-state index contributed by atoms with van der Waals surface area (Å²) in [6, 6.07) is 11.8. The molecule has 1 aromatic carbocycles. The summed E-state index contributed by atoms with van der Waals surface area (Å²) in [7, 11) is -0.841. The number of fused-ring (bicyclic) bond motifs is 1. The fraction of sp³-hybridized carbons (Fsp3) is 0.222. The summed E-state index contributed by atoms with van der Waals surface area (Å²) in [6.07, 6.45) is 0. The highest BCUT2D eigenvalue weighted by atomic mass is 32.2. The Morgan fingerprint density at radius 1 is 1.19 bits per heavy atom. The molecule has 26 heavy (non-hydrogen) atoms. The van der Waals surface area contributed by atoms with Crippen molar-refractivity contribution in [3.63, 3.8) is 0 Å². The van der Waals surface area contributed by atoms with Crippen molar-refractivity contribution in [3.05, 3.63) is 59.5 Å². The van der Waals surface area contributed by atoms with Gasteiger partial charge in [0, 0.05) is 25.2 Å². The molecule has 0 saturated heterocycles. The Balaban J connectivity index is 1.80. The number of rotatable bonds is 5. The molecular weight excluding hydrogens is 356 g/mol. The molecule has 136 valence electrons. The summed E-state index contributed by atoms with van der Waals surface area (Å²) in [5.41, 5.74) is 1.81. The molecule has 0 saturated carbocycles. The van der Waals surface area contributed by atoms with E-state index in [1.54, 1.807) is 19.1 Å². The summed E-state index contributed by atoms with van der Waals surface area (Å²) in [5.74, 6) is -0.283. The number of carbonyl (C=O) groups excluding carboxylic acids is 1. The molecule has 0 aliphatic rings. The maximum Gasteiger partial charge on any atom is 0.339 e. The van der Waals surface area contributed by atoms with Crippen LogP contribution < -0.4 is 0 Å². The molecule has 0 N–H and O–H groups in total. The Labute approximate surface area is 151 Å². The molecule has 2 aromatic heterocycles. The van der Waals surface area contributed by atoms with E-state index in [4.69, 9.17) is 9.15 Å². The first-order valence-corrected chi connectivity index (χ1v) is 9.28. The second kappa shape index (κ2) is 6.89. The van der Waals surface area contributed by atoms with Crippen LogP contribution in [0.15, 0.2) is 52.0 Å². The van der Waals surface area contributed by atoms with Gasteiger partial charge in [-0.05, 0) is 31.2 Å². The lowest BCUT2D eigenvalue weighted by Crippen LogP contribution is -2.21. The van der Waals surface area contributed by atoms with Crippen LogP contribution in [-0.2, 0) is 21.4 Å². The molecule has 3 rings (SSSR count). The third-order valence-corrected chi connectivity index (χ3v) is 5.47. The number of aromatic nitrogens is 1. The number of para-hydroxylation sites is 1. The molecular formula is C18H18N2O5S. The zero-order valence-electron chi connectivity index (χ0n) is 14.6. The molecule has 0 aliphatic carbocycles. The van der Waals surface area contributed by atoms with Crippen LogP contribution in [0, 0.1) is 6.92 Å². The Hall–Kier alpha value is -2.71. The molecule has 0 spiro atoms. The van der Waals surface area contributed by atoms with E-state index in [0.29, 0.717) is 22.2 Å². The van der Waals surface area contributed by atoms with Crippen molar-refractivity contribution in [1.29, 1.82) is 0 Å². The molecule has 0 unspecified atom stereocenters. The summed E-state index contributed by atoms with van der Waals surface area (Å²) < 4.78 is 35.6. The van der Waals surface area contributed by atoms with Crippen molar-refractivity contribution in [2.45, 2.75) is 18.6 Å². The fourth-order valence-electron chi connectivity index (χ4n) is 2.45. The number of ether oxygens (including phenoxy) is 1. The molecule has 0 radical (unpaired) electrons. The minimum atomic E-state index is -3.66. The van der Waals surface area contributed by atoms with E-state index in [0.717, 1.165) is 4.31 Å². The molecule has 7 nitrogen and oxygen atoms in total. The van der Waals surface area contributed by atoms with E-state index < -0.39 is 16.0 Å². The highest BCUT2D eigenvalue weighted by Crippen LogP contribution is 2.21. The molecule has 0 fully saturated rings. The molecule has 0 amide bonds. The minimum Gasteiger partial charge on any atom is -0.454 e. The van der Waals surface area contributed by atoms with Crippen LogP contribution in [0.1, 0.15) is 21.8 Å². The molecule has 0 bridgehead atoms. The fourth-order valence-corrected chi connectivity index (χ4v) is 3.26. The van der Waals surface area contributed by atoms with Gasteiger partial charge in [0.25, 0.3) is 10.0 Å². The predicted molar refractivity (Wildman–Crippen MR) is 95.2 cm³/mol. The average Bonchev–Trinajstić information content (AvgIpc) is 3.08. The second-order valence-corrected chi connectivity index (χ2v) is 8.00. The minimum absolute atomic E-state index is 0.169. The lowest BCUT2D eigenvalue weighted by Gasteiger charge is -2.08. The van der Waals surface area contributed by atoms with E-state index in [1.165, 1.54) is 26.2 Å². The zero-order chi connectivity index (χ0) is 18.9. The third-order valence-electron chi connectivity index (χ3n) is 3.78. The van der Waals surface area contributed by atoms with Gasteiger partial charge in [0.15, 0.2) is 0 Å². The maximum absolute atomic E-state index is 12.5. The Kier molecular flexibility index (Phi) is 4.80. The summed E-state index contributed by atoms with van der Waals surface area (Å²) in [6.45, 7) is 1.63. The van der Waals surface area contributed by atoms with Crippen LogP contribution in [0.3, 0.4) is 0 Å². The van der Waals surface area contributed by atoms with Crippen LogP contribution in [0.5, 0.6) is 0 Å². The van der Waals surface area contributed by atoms with Crippen LogP contribution in [0.4, 0.5) is 0 Å². The van der Waals surface area contributed by atoms with Gasteiger partial charge in [0.2, 0.25) is 5.09 Å². The summed E-state index contributed by atoms with van der Waals surface area (Å²) >= 11 is 0. The SMILES string of the molecule is Cc1cc(C(=O)OCc2ccc(S(=O)(=O)N(C)C)o2)c2ccccc2n1. The molecule has 8 heteroatoms. The predicted octanol–water partition coefficient (Wildman–Crippen LogP) is 2.74. The summed E-state index contributed by atoms with van der Waals surface area (Å²) in [4.78, 5) is 16.9. The van der Waals surface area contributed by atoms with Crippen molar-refractivity contribution < 1.29 is 22.4 Å². The van der Waals surface area contributed by atoms with Crippen LogP contribution in [-0.4, -0.2) is 37.8 Å². The summed E-state index contributed by atoms with van der Waals surface area (Å²) in [5, 5.41) is 0.497. The van der Waals surface area contributed by atoms with Crippen molar-refractivity contribution in [2.75, 3.05) is 14.1 Å². The Morgan fingerprint density at radius 2 is 1.92 bits per heavy atom. The van der Waals surface area contributed by atoms with E-state index >= 15 is 0 Å². The van der Waals surface area contributed by atoms with Gasteiger partial charge in [-0.25, -0.2) is 17.5 Å². The van der Waals surface area contributed by atoms with Crippen LogP contribution in [0.2, 0.25) is 0 Å². The highest BCUT2D eigenvalue weighted by molar-refractivity contribution is 7.88. The second-order valence-electron chi connectivity index (χ2n) is 5.91. The molecule has 0 atom stereocenters. The number of carbonyl (C=O) groups is 1. The topological polar surface area (TPSA) is 89.7 Å². The first-order valence-electron chi connectivity index (χ1n) is 7.84. The van der Waals surface area contributed by atoms with Crippen molar-refractivity contribution in [1.82, 2.24) is 9.29 Å². The maximum atomic E-state index is 12.5. The monoisotopic (exact) mass is 374 g/mol. The lowest BCUT2D eigenvalue weighted by molar-refractivity contribution is 0.0443. The van der Waals surface area contributed by atoms with Gasteiger partial charge in [0.1, 0.15) is 12.4 Å². The number of benzene rings is 1. The molecule has 3 aromatic rings. The Morgan fingerprint density at radius 3 is 2.65 bits per heavy atom. The first-order chi connectivity index (χ1) is 12.3. The normalized spacial score (nSPS) is 11.8. The smallest absolute Gasteiger partial charge is 0.339 e. The number of esters is 1. The van der Waals surface area contributed by atoms with E-state index in [1.807, 2.05) is 18.2 Å². The van der Waals surface area contributed by atoms with Crippen LogP contribution >= 0.6 is 0 Å². The lowest BCUT2D eigenvalue weighted by atomic mass is 10.1. The van der Waals surface area contributed by atoms with Crippen molar-refractivity contribution >= 4 is 26.9 Å². The molecule has 0 aliphatic heterocycles. The number of hydrogen-bond acceptors (Lipinski definition) is 6. The number of aryl methyl sites for hydroxylation is 1. The van der Waals surface area contributed by atoms with Gasteiger partial charge in [-0.3, -0.25) is 4.98 Å². The van der Waals surface area contributed by atoms with Gasteiger partial charge < -0.3 is 9.15 Å². The molecule has 2 heterocycles. The number of pyridine rings is 1. The zero-order valence-corrected chi connectivity index (χ0v) is 15.4. The third kappa shape index (κ3) is 3.47. The number of sulfonamides is 1. The highest BCUT2D eigenvalue weighted by Gasteiger charge is 2.22. The van der Waals surface area contributed by atoms with Gasteiger partial charge in [-0.2, -0.15) is 0 Å². The average molecular weight is 374 g/mol. The first kappa shape index (κ1) is 18.1.